The molecule has 16 heavy (non-hydrogen) atoms. The Kier molecular flexibility index (Phi) is 4.68. The normalized spacial score (nSPS) is 12.9. The van der Waals surface area contributed by atoms with Crippen LogP contribution in [0.25, 0.3) is 0 Å². The summed E-state index contributed by atoms with van der Waals surface area (Å²) in [6, 6.07) is 1.86. The molecule has 1 aromatic rings. The molecule has 0 fully saturated rings. The van der Waals surface area contributed by atoms with E-state index in [1.165, 1.54) is 0 Å². The summed E-state index contributed by atoms with van der Waals surface area (Å²) < 4.78 is 0.777. The second kappa shape index (κ2) is 5.59. The van der Waals surface area contributed by atoms with Crippen LogP contribution in [-0.4, -0.2) is 34.8 Å². The fraction of sp³-hybridized carbons (Fsp3) is 0.636. The zero-order valence-corrected chi connectivity index (χ0v) is 11.7. The van der Waals surface area contributed by atoms with Gasteiger partial charge >= 0.3 is 0 Å². The molecule has 0 saturated carbocycles. The highest BCUT2D eigenvalue weighted by Crippen LogP contribution is 2.19. The van der Waals surface area contributed by atoms with Crippen molar-refractivity contribution >= 4 is 21.7 Å². The van der Waals surface area contributed by atoms with Crippen LogP contribution in [0.5, 0.6) is 0 Å². The third-order valence-electron chi connectivity index (χ3n) is 2.14. The topological polar surface area (TPSA) is 49.2 Å². The van der Waals surface area contributed by atoms with Crippen molar-refractivity contribution in [1.82, 2.24) is 9.97 Å². The predicted octanol–water partition coefficient (Wildman–Crippen LogP) is 2.18. The zero-order valence-electron chi connectivity index (χ0n) is 10.1. The standard InChI is InChI=1S/C11H18BrN3O/c1-7(2)11-13-9(12)5-10(14-11)15(4)6-8(3)16/h5,7-8,16H,6H2,1-4H3. The van der Waals surface area contributed by atoms with Crippen LogP contribution in [-0.2, 0) is 0 Å². The number of likely N-dealkylation sites (N-methyl/N-ethyl adjacent to an activating group) is 1. The highest BCUT2D eigenvalue weighted by atomic mass is 79.9. The van der Waals surface area contributed by atoms with E-state index in [1.54, 1.807) is 6.92 Å². The van der Waals surface area contributed by atoms with Crippen LogP contribution in [0.2, 0.25) is 0 Å². The summed E-state index contributed by atoms with van der Waals surface area (Å²) in [5, 5.41) is 9.34. The van der Waals surface area contributed by atoms with Crippen LogP contribution in [0.15, 0.2) is 10.7 Å². The van der Waals surface area contributed by atoms with Gasteiger partial charge in [0.25, 0.3) is 0 Å². The Hall–Kier alpha value is -0.680. The van der Waals surface area contributed by atoms with Gasteiger partial charge in [-0.1, -0.05) is 13.8 Å². The molecule has 90 valence electrons. The lowest BCUT2D eigenvalue weighted by Gasteiger charge is -2.20. The minimum atomic E-state index is -0.374. The van der Waals surface area contributed by atoms with Crippen LogP contribution in [0.4, 0.5) is 5.82 Å². The molecule has 0 amide bonds. The first-order chi connectivity index (χ1) is 7.40. The second-order valence-corrected chi connectivity index (χ2v) is 5.10. The van der Waals surface area contributed by atoms with E-state index in [9.17, 15) is 5.11 Å². The van der Waals surface area contributed by atoms with E-state index in [4.69, 9.17) is 0 Å². The maximum atomic E-state index is 9.34. The first-order valence-electron chi connectivity index (χ1n) is 5.33. The lowest BCUT2D eigenvalue weighted by Crippen LogP contribution is -2.28. The van der Waals surface area contributed by atoms with Crippen molar-refractivity contribution in [3.05, 3.63) is 16.5 Å². The minimum Gasteiger partial charge on any atom is -0.392 e. The monoisotopic (exact) mass is 287 g/mol. The molecule has 0 aliphatic carbocycles. The number of hydrogen-bond donors (Lipinski definition) is 1. The molecule has 0 aliphatic heterocycles. The van der Waals surface area contributed by atoms with Crippen molar-refractivity contribution in [2.24, 2.45) is 0 Å². The first kappa shape index (κ1) is 13.4. The SMILES string of the molecule is CC(O)CN(C)c1cc(Br)nc(C(C)C)n1. The van der Waals surface area contributed by atoms with Gasteiger partial charge in [0.1, 0.15) is 16.2 Å². The van der Waals surface area contributed by atoms with Gasteiger partial charge in [-0.3, -0.25) is 0 Å². The number of rotatable bonds is 4. The highest BCUT2D eigenvalue weighted by molar-refractivity contribution is 9.10. The molecule has 1 unspecified atom stereocenters. The van der Waals surface area contributed by atoms with Crippen LogP contribution < -0.4 is 4.90 Å². The van der Waals surface area contributed by atoms with Crippen molar-refractivity contribution in [1.29, 1.82) is 0 Å². The summed E-state index contributed by atoms with van der Waals surface area (Å²) in [5.74, 6) is 1.92. The Balaban J connectivity index is 2.95. The van der Waals surface area contributed by atoms with E-state index in [0.29, 0.717) is 6.54 Å². The van der Waals surface area contributed by atoms with E-state index in [0.717, 1.165) is 16.2 Å². The highest BCUT2D eigenvalue weighted by Gasteiger charge is 2.11. The van der Waals surface area contributed by atoms with Crippen molar-refractivity contribution in [3.8, 4) is 0 Å². The van der Waals surface area contributed by atoms with Gasteiger partial charge in [0.05, 0.1) is 6.10 Å². The number of anilines is 1. The van der Waals surface area contributed by atoms with Gasteiger partial charge in [-0.2, -0.15) is 0 Å². The molecule has 1 atom stereocenters. The Bertz CT molecular complexity index is 355. The third-order valence-corrected chi connectivity index (χ3v) is 2.55. The number of nitrogens with zero attached hydrogens (tertiary/aromatic N) is 3. The Morgan fingerprint density at radius 3 is 2.50 bits per heavy atom. The third kappa shape index (κ3) is 3.72. The maximum Gasteiger partial charge on any atom is 0.134 e. The number of aliphatic hydroxyl groups excluding tert-OH is 1. The average Bonchev–Trinajstić information content (AvgIpc) is 2.15. The molecule has 0 bridgehead atoms. The molecule has 4 nitrogen and oxygen atoms in total. The molecule has 1 heterocycles. The average molecular weight is 288 g/mol. The number of halogens is 1. The molecule has 0 saturated heterocycles. The van der Waals surface area contributed by atoms with Gasteiger partial charge in [-0.05, 0) is 22.9 Å². The molecular weight excluding hydrogens is 270 g/mol. The lowest BCUT2D eigenvalue weighted by atomic mass is 10.2. The molecule has 1 rings (SSSR count). The molecule has 1 aromatic heterocycles. The summed E-state index contributed by atoms with van der Waals surface area (Å²) in [6.07, 6.45) is -0.374. The molecule has 0 aromatic carbocycles. The van der Waals surface area contributed by atoms with Gasteiger partial charge in [0, 0.05) is 25.6 Å². The Morgan fingerprint density at radius 2 is 2.00 bits per heavy atom. The van der Waals surface area contributed by atoms with Gasteiger partial charge < -0.3 is 10.0 Å². The minimum absolute atomic E-state index is 0.288. The summed E-state index contributed by atoms with van der Waals surface area (Å²) in [7, 11) is 1.91. The number of aromatic nitrogens is 2. The summed E-state index contributed by atoms with van der Waals surface area (Å²) in [4.78, 5) is 10.7. The molecule has 0 spiro atoms. The van der Waals surface area contributed by atoms with Crippen molar-refractivity contribution in [2.75, 3.05) is 18.5 Å². The van der Waals surface area contributed by atoms with Gasteiger partial charge in [-0.25, -0.2) is 9.97 Å². The van der Waals surface area contributed by atoms with Gasteiger partial charge in [0.15, 0.2) is 0 Å². The maximum absolute atomic E-state index is 9.34. The fourth-order valence-electron chi connectivity index (χ4n) is 1.37. The van der Waals surface area contributed by atoms with Crippen LogP contribution in [0, 0.1) is 0 Å². The summed E-state index contributed by atoms with van der Waals surface area (Å²) in [6.45, 7) is 6.43. The zero-order chi connectivity index (χ0) is 12.3. The smallest absolute Gasteiger partial charge is 0.134 e. The molecule has 0 aliphatic rings. The second-order valence-electron chi connectivity index (χ2n) is 4.29. The van der Waals surface area contributed by atoms with Crippen LogP contribution in [0.3, 0.4) is 0 Å². The van der Waals surface area contributed by atoms with E-state index >= 15 is 0 Å². The van der Waals surface area contributed by atoms with Crippen molar-refractivity contribution in [3.63, 3.8) is 0 Å². The molecular formula is C11H18BrN3O. The number of hydrogen-bond acceptors (Lipinski definition) is 4. The largest absolute Gasteiger partial charge is 0.392 e. The Morgan fingerprint density at radius 1 is 1.38 bits per heavy atom. The van der Waals surface area contributed by atoms with Crippen LogP contribution >= 0.6 is 15.9 Å². The van der Waals surface area contributed by atoms with Gasteiger partial charge in [0.2, 0.25) is 0 Å². The molecule has 1 N–H and O–H groups in total. The first-order valence-corrected chi connectivity index (χ1v) is 6.13. The Labute approximate surface area is 105 Å². The van der Waals surface area contributed by atoms with Gasteiger partial charge in [-0.15, -0.1) is 0 Å². The summed E-state index contributed by atoms with van der Waals surface area (Å²) >= 11 is 3.38. The van der Waals surface area contributed by atoms with Crippen molar-refractivity contribution < 1.29 is 5.11 Å². The van der Waals surface area contributed by atoms with E-state index in [1.807, 2.05) is 18.0 Å². The quantitative estimate of drug-likeness (QED) is 0.863. The van der Waals surface area contributed by atoms with E-state index in [-0.39, 0.29) is 12.0 Å². The summed E-state index contributed by atoms with van der Waals surface area (Å²) in [5.41, 5.74) is 0. The number of aliphatic hydroxyl groups is 1. The van der Waals surface area contributed by atoms with E-state index in [2.05, 4.69) is 39.7 Å². The molecule has 0 radical (unpaired) electrons. The van der Waals surface area contributed by atoms with Crippen LogP contribution in [0.1, 0.15) is 32.5 Å². The lowest BCUT2D eigenvalue weighted by molar-refractivity contribution is 0.201. The molecule has 5 heteroatoms. The predicted molar refractivity (Wildman–Crippen MR) is 68.8 cm³/mol. The van der Waals surface area contributed by atoms with Crippen molar-refractivity contribution in [2.45, 2.75) is 32.8 Å². The fourth-order valence-corrected chi connectivity index (χ4v) is 1.75. The van der Waals surface area contributed by atoms with E-state index < -0.39 is 0 Å².